The van der Waals surface area contributed by atoms with Crippen LogP contribution in [0.3, 0.4) is 0 Å². The van der Waals surface area contributed by atoms with Gasteiger partial charge in [0.2, 0.25) is 0 Å². The summed E-state index contributed by atoms with van der Waals surface area (Å²) in [6, 6.07) is 84.5. The van der Waals surface area contributed by atoms with Crippen LogP contribution in [-0.4, -0.2) is 206 Å². The molecule has 5 amide bonds. The van der Waals surface area contributed by atoms with Crippen LogP contribution in [0.5, 0.6) is 0 Å². The third-order valence-corrected chi connectivity index (χ3v) is 25.4. The van der Waals surface area contributed by atoms with Crippen molar-refractivity contribution >= 4 is 179 Å². The lowest BCUT2D eigenvalue weighted by Gasteiger charge is -2.27. The smallest absolute Gasteiger partial charge is 0.361 e. The summed E-state index contributed by atoms with van der Waals surface area (Å²) in [7, 11) is 17.3. The highest BCUT2D eigenvalue weighted by atomic mass is 35.5. The van der Waals surface area contributed by atoms with Crippen molar-refractivity contribution in [3.63, 3.8) is 0 Å². The van der Waals surface area contributed by atoms with Crippen LogP contribution in [0.4, 0.5) is 34.1 Å². The molecule has 4 atom stereocenters. The van der Waals surface area contributed by atoms with Gasteiger partial charge in [-0.1, -0.05) is 239 Å². The molecule has 0 radical (unpaired) electrons. The lowest BCUT2D eigenvalue weighted by molar-refractivity contribution is -0.384. The molecule has 6 aliphatic rings. The van der Waals surface area contributed by atoms with Crippen molar-refractivity contribution in [3.05, 3.63) is 403 Å². The zero-order chi connectivity index (χ0) is 97.1. The highest BCUT2D eigenvalue weighted by molar-refractivity contribution is 6.38. The molecule has 12 aromatic carbocycles. The predicted molar refractivity (Wildman–Crippen MR) is 538 cm³/mol. The Bertz CT molecular complexity index is 6940. The average molecular weight is 1950 g/mol. The van der Waals surface area contributed by atoms with Crippen LogP contribution in [0.25, 0.3) is 5.69 Å². The number of aryl methyl sites for hydroxylation is 1. The van der Waals surface area contributed by atoms with Crippen molar-refractivity contribution in [2.24, 2.45) is 30.0 Å². The van der Waals surface area contributed by atoms with E-state index in [1.807, 2.05) is 195 Å². The van der Waals surface area contributed by atoms with Gasteiger partial charge in [0.1, 0.15) is 40.8 Å². The molecule has 6 aliphatic heterocycles. The number of aromatic nitrogens is 3. The number of hydrogen-bond donors (Lipinski definition) is 4. The molecule has 0 fully saturated rings. The largest absolute Gasteiger partial charge is 0.369 e. The molecule has 0 spiro atoms. The Morgan fingerprint density at radius 2 is 0.600 bits per heavy atom. The third-order valence-electron chi connectivity index (χ3n) is 23.6. The number of quaternary nitrogens is 5. The molecule has 0 saturated heterocycles. The van der Waals surface area contributed by atoms with Crippen molar-refractivity contribution in [3.8, 4) is 5.69 Å². The van der Waals surface area contributed by atoms with Crippen LogP contribution in [0, 0.1) is 17.0 Å². The normalized spacial score (nSPS) is 18.2. The lowest BCUT2D eigenvalue weighted by Crippen LogP contribution is -2.51. The van der Waals surface area contributed by atoms with Crippen LogP contribution >= 0.6 is 81.2 Å². The second-order valence-corrected chi connectivity index (χ2v) is 36.9. The SMILES string of the molecule is C[N+]1(C)C(=O)C(O)N=C(c2ccccc2)c2cc(Cl)ccc21.C[N+]1(C)C(=O)C(O)N=C(c2ccccc2)c2cc(Cl)ccc21.C[N+]1(C)C(=O)C(O)N=C(c2ccccc2Cl)c2cc(Cl)ccc21.C[N+]1(C)C(=O)C(O)N=C(c2ccccc2Cl)c2cc([N+](=O)[O-])ccc21.C[N+]1(C)C(=O)CN=C(c2ccccc2)c2cc(Cl)ccc21.Cc1nnc2n1-c1ccc(Cl)cc1C(c1ccccc1)=NC2. The minimum atomic E-state index is -1.60. The number of nitro groups is 1. The summed E-state index contributed by atoms with van der Waals surface area (Å²) >= 11 is 43.4. The summed E-state index contributed by atoms with van der Waals surface area (Å²) in [5, 5.41) is 64.3. The van der Waals surface area contributed by atoms with Gasteiger partial charge >= 0.3 is 29.5 Å². The summed E-state index contributed by atoms with van der Waals surface area (Å²) in [6.07, 6.45) is -5.89. The van der Waals surface area contributed by atoms with E-state index in [2.05, 4.69) is 47.3 Å². The van der Waals surface area contributed by atoms with E-state index in [1.54, 1.807) is 135 Å². The monoisotopic (exact) mass is 1950 g/mol. The molecule has 26 nitrogen and oxygen atoms in total. The number of amides is 5. The second-order valence-electron chi connectivity index (χ2n) is 33.9. The molecule has 0 aliphatic carbocycles. The molecule has 19 rings (SSSR count). The van der Waals surface area contributed by atoms with Crippen LogP contribution in [0.1, 0.15) is 78.4 Å². The Morgan fingerprint density at radius 3 is 0.963 bits per heavy atom. The molecular formula is C102H91Cl7N15O11+5. The Balaban J connectivity index is 0.000000130. The molecular weight excluding hydrogens is 1860 g/mol. The number of aliphatic hydroxyl groups is 4. The first-order chi connectivity index (χ1) is 64.1. The first-order valence-corrected chi connectivity index (χ1v) is 44.7. The molecule has 684 valence electrons. The zero-order valence-corrected chi connectivity index (χ0v) is 80.1. The Labute approximate surface area is 813 Å². The Kier molecular flexibility index (Phi) is 29.4. The Morgan fingerprint density at radius 1 is 0.319 bits per heavy atom. The predicted octanol–water partition coefficient (Wildman–Crippen LogP) is 17.8. The number of fused-ring (bicyclic) bond motifs is 8. The summed E-state index contributed by atoms with van der Waals surface area (Å²) in [6.45, 7) is 2.61. The summed E-state index contributed by atoms with van der Waals surface area (Å²) in [5.74, 6) is 0.0244. The van der Waals surface area contributed by atoms with Gasteiger partial charge in [0, 0.05) is 117 Å². The van der Waals surface area contributed by atoms with Crippen LogP contribution in [-0.2, 0) is 30.5 Å². The summed E-state index contributed by atoms with van der Waals surface area (Å²) < 4.78 is 1.61. The molecule has 13 aromatic rings. The average Bonchev–Trinajstić information content (AvgIpc) is 1.66. The van der Waals surface area contributed by atoms with Gasteiger partial charge in [-0.3, -0.25) is 24.7 Å². The second kappa shape index (κ2) is 40.4. The molecule has 4 N–H and O–H groups in total. The van der Waals surface area contributed by atoms with Gasteiger partial charge in [-0.2, -0.15) is 0 Å². The van der Waals surface area contributed by atoms with E-state index in [1.165, 1.54) is 18.2 Å². The van der Waals surface area contributed by atoms with Gasteiger partial charge in [-0.25, -0.2) is 66.4 Å². The fraction of sp³-hybridized carbons (Fsp3) is 0.167. The number of non-ortho nitro benzene ring substituents is 1. The molecule has 0 bridgehead atoms. The quantitative estimate of drug-likeness (QED) is 0.0656. The number of aliphatic hydroxyl groups excluding tert-OH is 4. The fourth-order valence-electron chi connectivity index (χ4n) is 16.2. The standard InChI is InChI=1S/C17H15Cl2N2O2.C17H13ClN4.C17H15ClN3O4.2C17H16ClN2O2.C17H16ClN2O/c1-21(2)14-8-7-10(18)9-12(14)15(20-16(22)17(21)23)11-5-3-4-6-13(11)19;1-11-20-21-16-10-19-17(12-5-3-2-4-6-12)14-9-13(18)7-8-15(14)22(11)16;1-21(2)14-8-7-10(20(24)25)9-12(14)15(19-16(22)17(21)23)11-5-3-4-6-13(11)18;2*1-20(2)14-9-8-12(18)10-13(14)15(19-16(21)17(20)22)11-6-4-3-5-7-11;1-20(2)15-9-8-13(18)10-14(15)17(19-11-16(20)21)12-6-4-3-5-7-12/h3-9,16,22H,1-2H3;2-9H,10H2,1H3;3-9,16,22H,1-2H3;2*3-10,16,21H,1-2H3;3-10H,11H2,1-2H3/q+1;;4*+1. The first-order valence-electron chi connectivity index (χ1n) is 42.1. The number of likely N-dealkylation sites (N-methyl/N-ethyl adjacent to an activating group) is 5. The number of aliphatic imine (C=N–C) groups is 6. The topological polar surface area (TPSA) is 314 Å². The molecule has 4 unspecified atom stereocenters. The number of benzodiazepines with no additional fused rings is 5. The van der Waals surface area contributed by atoms with Gasteiger partial charge in [0.05, 0.1) is 143 Å². The van der Waals surface area contributed by atoms with E-state index in [-0.39, 0.29) is 58.1 Å². The number of hydrogen-bond acceptors (Lipinski definition) is 19. The van der Waals surface area contributed by atoms with Crippen molar-refractivity contribution in [2.45, 2.75) is 38.4 Å². The maximum Gasteiger partial charge on any atom is 0.369 e. The minimum absolute atomic E-state index is 0.0597. The van der Waals surface area contributed by atoms with Crippen molar-refractivity contribution in [2.75, 3.05) is 77.0 Å². The van der Waals surface area contributed by atoms with Gasteiger partial charge in [0.15, 0.2) is 12.4 Å². The summed E-state index contributed by atoms with van der Waals surface area (Å²) in [5.41, 5.74) is 17.5. The van der Waals surface area contributed by atoms with E-state index >= 15 is 0 Å². The van der Waals surface area contributed by atoms with Gasteiger partial charge < -0.3 is 20.4 Å². The van der Waals surface area contributed by atoms with Gasteiger partial charge in [-0.15, -0.1) is 10.2 Å². The number of carbonyl (C=O) groups excluding carboxylic acids is 5. The first kappa shape index (κ1) is 98.2. The number of carbonyl (C=O) groups is 5. The molecule has 135 heavy (non-hydrogen) atoms. The van der Waals surface area contributed by atoms with E-state index < -0.39 is 41.6 Å². The Hall–Kier alpha value is -12.8. The highest BCUT2D eigenvalue weighted by Crippen LogP contribution is 2.41. The number of benzene rings is 12. The van der Waals surface area contributed by atoms with Crippen LogP contribution in [0.2, 0.25) is 35.2 Å². The van der Waals surface area contributed by atoms with Crippen LogP contribution < -0.4 is 22.4 Å². The number of halogens is 7. The molecule has 7 heterocycles. The van der Waals surface area contributed by atoms with Crippen molar-refractivity contribution in [1.29, 1.82) is 0 Å². The maximum absolute atomic E-state index is 12.6. The van der Waals surface area contributed by atoms with Crippen LogP contribution in [0.15, 0.2) is 309 Å². The highest BCUT2D eigenvalue weighted by Gasteiger charge is 2.47. The van der Waals surface area contributed by atoms with Gasteiger partial charge in [-0.05, 0) is 85.8 Å². The zero-order valence-electron chi connectivity index (χ0n) is 74.8. The van der Waals surface area contributed by atoms with Crippen molar-refractivity contribution in [1.82, 2.24) is 37.2 Å². The number of nitrogens with zero attached hydrogens (tertiary/aromatic N) is 15. The van der Waals surface area contributed by atoms with E-state index in [4.69, 9.17) is 86.2 Å². The van der Waals surface area contributed by atoms with Crippen molar-refractivity contribution < 1.29 is 49.3 Å². The molecule has 1 aromatic heterocycles. The summed E-state index contributed by atoms with van der Waals surface area (Å²) in [4.78, 5) is 99.3. The lowest BCUT2D eigenvalue weighted by atomic mass is 9.99. The molecule has 33 heteroatoms. The number of nitro benzene ring substituents is 1. The number of rotatable bonds is 7. The van der Waals surface area contributed by atoms with E-state index in [0.29, 0.717) is 92.5 Å². The van der Waals surface area contributed by atoms with E-state index in [0.717, 1.165) is 90.3 Å². The van der Waals surface area contributed by atoms with Gasteiger partial charge in [0.25, 0.3) is 30.6 Å². The van der Waals surface area contributed by atoms with E-state index in [9.17, 15) is 54.5 Å². The third kappa shape index (κ3) is 20.5. The fourth-order valence-corrected chi connectivity index (χ4v) is 17.6. The molecule has 0 saturated carbocycles. The minimum Gasteiger partial charge on any atom is -0.361 e. The maximum atomic E-state index is 12.6.